The normalized spacial score (nSPS) is 12.9. The van der Waals surface area contributed by atoms with Crippen molar-refractivity contribution in [1.82, 2.24) is 0 Å². The van der Waals surface area contributed by atoms with E-state index < -0.39 is 0 Å². The lowest BCUT2D eigenvalue weighted by Gasteiger charge is -2.10. The smallest absolute Gasteiger partial charge is 0.0409 e. The molecule has 0 saturated heterocycles. The second-order valence-electron chi connectivity index (χ2n) is 2.74. The highest BCUT2D eigenvalue weighted by Crippen LogP contribution is 2.17. The minimum atomic E-state index is 0.00806. The van der Waals surface area contributed by atoms with Crippen molar-refractivity contribution in [2.24, 2.45) is 11.5 Å². The number of hydrogen-bond acceptors (Lipinski definition) is 2. The van der Waals surface area contributed by atoms with E-state index in [1.807, 2.05) is 24.3 Å². The van der Waals surface area contributed by atoms with Gasteiger partial charge in [0.1, 0.15) is 0 Å². The monoisotopic (exact) mass is 184 g/mol. The van der Waals surface area contributed by atoms with E-state index in [-0.39, 0.29) is 6.04 Å². The third-order valence-corrected chi connectivity index (χ3v) is 1.99. The van der Waals surface area contributed by atoms with Gasteiger partial charge in [0.15, 0.2) is 0 Å². The Morgan fingerprint density at radius 1 is 1.42 bits per heavy atom. The highest BCUT2D eigenvalue weighted by molar-refractivity contribution is 6.30. The molecule has 0 heterocycles. The largest absolute Gasteiger partial charge is 0.330 e. The fourth-order valence-corrected chi connectivity index (χ4v) is 1.28. The number of rotatable bonds is 3. The van der Waals surface area contributed by atoms with Crippen molar-refractivity contribution in [3.8, 4) is 0 Å². The Hall–Kier alpha value is -0.570. The minimum Gasteiger partial charge on any atom is -0.330 e. The molecule has 0 amide bonds. The van der Waals surface area contributed by atoms with E-state index >= 15 is 0 Å². The topological polar surface area (TPSA) is 52.0 Å². The zero-order chi connectivity index (χ0) is 8.97. The first kappa shape index (κ1) is 9.52. The summed E-state index contributed by atoms with van der Waals surface area (Å²) in [5.41, 5.74) is 12.3. The predicted octanol–water partition coefficient (Wildman–Crippen LogP) is 1.69. The number of hydrogen-bond donors (Lipinski definition) is 2. The van der Waals surface area contributed by atoms with E-state index in [9.17, 15) is 0 Å². The van der Waals surface area contributed by atoms with E-state index in [4.69, 9.17) is 23.1 Å². The maximum absolute atomic E-state index is 5.84. The van der Waals surface area contributed by atoms with Crippen molar-refractivity contribution in [3.05, 3.63) is 34.9 Å². The van der Waals surface area contributed by atoms with Gasteiger partial charge < -0.3 is 11.5 Å². The van der Waals surface area contributed by atoms with E-state index in [0.717, 1.165) is 17.0 Å². The minimum absolute atomic E-state index is 0.00806. The molecule has 0 aliphatic rings. The number of nitrogens with two attached hydrogens (primary N) is 2. The van der Waals surface area contributed by atoms with Gasteiger partial charge in [-0.2, -0.15) is 0 Å². The van der Waals surface area contributed by atoms with Crippen molar-refractivity contribution in [1.29, 1.82) is 0 Å². The van der Waals surface area contributed by atoms with Gasteiger partial charge in [-0.3, -0.25) is 0 Å². The summed E-state index contributed by atoms with van der Waals surface area (Å²) < 4.78 is 0. The van der Waals surface area contributed by atoms with Crippen LogP contribution in [0.3, 0.4) is 0 Å². The maximum atomic E-state index is 5.84. The van der Waals surface area contributed by atoms with Crippen LogP contribution in [-0.4, -0.2) is 6.54 Å². The van der Waals surface area contributed by atoms with Gasteiger partial charge >= 0.3 is 0 Å². The van der Waals surface area contributed by atoms with Gasteiger partial charge in [-0.15, -0.1) is 0 Å². The first-order valence-corrected chi connectivity index (χ1v) is 4.33. The Balaban J connectivity index is 2.73. The molecule has 2 nitrogen and oxygen atoms in total. The molecule has 0 bridgehead atoms. The molecule has 1 aromatic rings. The molecule has 0 aliphatic heterocycles. The van der Waals surface area contributed by atoms with Crippen molar-refractivity contribution in [2.45, 2.75) is 12.5 Å². The fourth-order valence-electron chi connectivity index (χ4n) is 1.08. The second kappa shape index (κ2) is 4.45. The zero-order valence-electron chi connectivity index (χ0n) is 6.83. The average Bonchev–Trinajstić information content (AvgIpc) is 2.05. The van der Waals surface area contributed by atoms with Crippen molar-refractivity contribution < 1.29 is 0 Å². The second-order valence-corrected chi connectivity index (χ2v) is 3.18. The van der Waals surface area contributed by atoms with Gasteiger partial charge in [-0.25, -0.2) is 0 Å². The molecule has 1 atom stereocenters. The lowest BCUT2D eigenvalue weighted by molar-refractivity contribution is 0.661. The quantitative estimate of drug-likeness (QED) is 0.751. The summed E-state index contributed by atoms with van der Waals surface area (Å²) in [5.74, 6) is 0. The summed E-state index contributed by atoms with van der Waals surface area (Å²) >= 11 is 5.80. The van der Waals surface area contributed by atoms with Crippen LogP contribution in [0.1, 0.15) is 18.0 Å². The lowest BCUT2D eigenvalue weighted by Crippen LogP contribution is -2.15. The van der Waals surface area contributed by atoms with Gasteiger partial charge in [0.2, 0.25) is 0 Å². The van der Waals surface area contributed by atoms with Crippen LogP contribution in [-0.2, 0) is 0 Å². The molecule has 0 radical (unpaired) electrons. The molecule has 0 aliphatic carbocycles. The number of halogens is 1. The standard InChI is InChI=1S/C9H13ClN2/c10-8-3-1-2-7(6-8)9(12)4-5-11/h1-3,6,9H,4-5,11-12H2. The average molecular weight is 185 g/mol. The van der Waals surface area contributed by atoms with Gasteiger partial charge in [0.25, 0.3) is 0 Å². The van der Waals surface area contributed by atoms with Crippen molar-refractivity contribution in [2.75, 3.05) is 6.54 Å². The van der Waals surface area contributed by atoms with Crippen LogP contribution in [0.5, 0.6) is 0 Å². The summed E-state index contributed by atoms with van der Waals surface area (Å²) in [7, 11) is 0. The van der Waals surface area contributed by atoms with Crippen LogP contribution < -0.4 is 11.5 Å². The van der Waals surface area contributed by atoms with Crippen LogP contribution in [0.25, 0.3) is 0 Å². The van der Waals surface area contributed by atoms with Gasteiger partial charge in [-0.1, -0.05) is 23.7 Å². The first-order valence-electron chi connectivity index (χ1n) is 3.95. The predicted molar refractivity (Wildman–Crippen MR) is 52.1 cm³/mol. The van der Waals surface area contributed by atoms with Crippen LogP contribution in [0.15, 0.2) is 24.3 Å². The summed E-state index contributed by atoms with van der Waals surface area (Å²) in [6, 6.07) is 7.58. The summed E-state index contributed by atoms with van der Waals surface area (Å²) in [5, 5.41) is 0.722. The molecular weight excluding hydrogens is 172 g/mol. The highest BCUT2D eigenvalue weighted by Gasteiger charge is 2.03. The molecule has 1 rings (SSSR count). The first-order chi connectivity index (χ1) is 5.74. The molecule has 66 valence electrons. The molecule has 3 heteroatoms. The molecule has 0 fully saturated rings. The molecule has 1 aromatic carbocycles. The molecule has 12 heavy (non-hydrogen) atoms. The summed E-state index contributed by atoms with van der Waals surface area (Å²) in [6.45, 7) is 0.605. The summed E-state index contributed by atoms with van der Waals surface area (Å²) in [6.07, 6.45) is 0.792. The molecule has 0 spiro atoms. The zero-order valence-corrected chi connectivity index (χ0v) is 7.59. The van der Waals surface area contributed by atoms with Crippen molar-refractivity contribution in [3.63, 3.8) is 0 Å². The Kier molecular flexibility index (Phi) is 3.53. The van der Waals surface area contributed by atoms with E-state index in [1.165, 1.54) is 0 Å². The summed E-state index contributed by atoms with van der Waals surface area (Å²) in [4.78, 5) is 0. The van der Waals surface area contributed by atoms with Gasteiger partial charge in [-0.05, 0) is 30.7 Å². The Labute approximate surface area is 77.5 Å². The highest BCUT2D eigenvalue weighted by atomic mass is 35.5. The SMILES string of the molecule is NCCC(N)c1cccc(Cl)c1. The van der Waals surface area contributed by atoms with Crippen LogP contribution in [0.4, 0.5) is 0 Å². The van der Waals surface area contributed by atoms with E-state index in [1.54, 1.807) is 0 Å². The van der Waals surface area contributed by atoms with E-state index in [2.05, 4.69) is 0 Å². The molecule has 1 unspecified atom stereocenters. The maximum Gasteiger partial charge on any atom is 0.0409 e. The molecule has 0 saturated carbocycles. The van der Waals surface area contributed by atoms with Crippen molar-refractivity contribution >= 4 is 11.6 Å². The van der Waals surface area contributed by atoms with Gasteiger partial charge in [0.05, 0.1) is 0 Å². The van der Waals surface area contributed by atoms with Crippen LogP contribution >= 0.6 is 11.6 Å². The fraction of sp³-hybridized carbons (Fsp3) is 0.333. The number of benzene rings is 1. The lowest BCUT2D eigenvalue weighted by atomic mass is 10.1. The molecule has 0 aromatic heterocycles. The Bertz CT molecular complexity index is 250. The Morgan fingerprint density at radius 3 is 2.75 bits per heavy atom. The van der Waals surface area contributed by atoms with E-state index in [0.29, 0.717) is 6.54 Å². The van der Waals surface area contributed by atoms with Gasteiger partial charge in [0, 0.05) is 11.1 Å². The Morgan fingerprint density at radius 2 is 2.17 bits per heavy atom. The molecule has 4 N–H and O–H groups in total. The third kappa shape index (κ3) is 2.48. The molecular formula is C9H13ClN2. The third-order valence-electron chi connectivity index (χ3n) is 1.75. The van der Waals surface area contributed by atoms with Crippen LogP contribution in [0, 0.1) is 0 Å². The van der Waals surface area contributed by atoms with Crippen LogP contribution in [0.2, 0.25) is 5.02 Å².